The molecule has 0 atom stereocenters. The molecule has 8 heteroatoms. The molecule has 0 amide bonds. The maximum atomic E-state index is 11.9. The van der Waals surface area contributed by atoms with Crippen LogP contribution in [0.5, 0.6) is 0 Å². The molecule has 6 nitrogen and oxygen atoms in total. The quantitative estimate of drug-likeness (QED) is 0.547. The molecule has 2 aromatic rings. The molecule has 0 saturated carbocycles. The molecule has 0 aliphatic carbocycles. The number of aromatic amines is 1. The topological polar surface area (TPSA) is 101 Å². The summed E-state index contributed by atoms with van der Waals surface area (Å²) >= 11 is 1.58. The molecular formula is C11H14N4O2S2. The first-order valence-electron chi connectivity index (χ1n) is 5.56. The van der Waals surface area contributed by atoms with Crippen LogP contribution in [0.3, 0.4) is 0 Å². The van der Waals surface area contributed by atoms with Crippen molar-refractivity contribution in [2.75, 3.05) is 18.0 Å². The number of hydrogen-bond donors (Lipinski definition) is 3. The van der Waals surface area contributed by atoms with E-state index in [0.29, 0.717) is 12.3 Å². The van der Waals surface area contributed by atoms with Crippen LogP contribution in [0.15, 0.2) is 46.3 Å². The van der Waals surface area contributed by atoms with E-state index in [0.717, 1.165) is 4.90 Å². The second-order valence-electron chi connectivity index (χ2n) is 3.71. The lowest BCUT2D eigenvalue weighted by Gasteiger charge is -2.05. The summed E-state index contributed by atoms with van der Waals surface area (Å²) in [6.45, 7) is 0.326. The third-order valence-electron chi connectivity index (χ3n) is 2.33. The van der Waals surface area contributed by atoms with Gasteiger partial charge in [0.15, 0.2) is 0 Å². The summed E-state index contributed by atoms with van der Waals surface area (Å²) in [5, 5.41) is 5.98. The number of hydrogen-bond acceptors (Lipinski definition) is 5. The summed E-state index contributed by atoms with van der Waals surface area (Å²) in [7, 11) is -3.58. The first kappa shape index (κ1) is 13.9. The summed E-state index contributed by atoms with van der Waals surface area (Å²) in [6.07, 6.45) is 1.20. The molecule has 0 fully saturated rings. The van der Waals surface area contributed by atoms with Crippen molar-refractivity contribution in [2.24, 2.45) is 0 Å². The number of nitrogens with one attached hydrogen (secondary N) is 2. The summed E-state index contributed by atoms with van der Waals surface area (Å²) in [6, 6.07) is 9.78. The lowest BCUT2D eigenvalue weighted by molar-refractivity contribution is 0.584. The van der Waals surface area contributed by atoms with Crippen LogP contribution in [0, 0.1) is 0 Å². The number of anilines is 1. The number of nitrogen functional groups attached to an aromatic ring is 1. The first-order valence-corrected chi connectivity index (χ1v) is 8.03. The molecule has 1 heterocycles. The van der Waals surface area contributed by atoms with Crippen molar-refractivity contribution < 1.29 is 8.42 Å². The minimum absolute atomic E-state index is 0.0165. The van der Waals surface area contributed by atoms with Gasteiger partial charge in [-0.25, -0.2) is 13.1 Å². The number of nitrogens with zero attached hydrogens (tertiary/aromatic N) is 1. The van der Waals surface area contributed by atoms with Gasteiger partial charge in [-0.3, -0.25) is 5.10 Å². The molecule has 0 bridgehead atoms. The predicted octanol–water partition coefficient (Wildman–Crippen LogP) is 1.06. The van der Waals surface area contributed by atoms with E-state index in [-0.39, 0.29) is 10.7 Å². The fourth-order valence-electron chi connectivity index (χ4n) is 1.44. The van der Waals surface area contributed by atoms with Crippen molar-refractivity contribution in [2.45, 2.75) is 9.79 Å². The second kappa shape index (κ2) is 6.09. The molecule has 0 radical (unpaired) electrons. The Balaban J connectivity index is 1.85. The summed E-state index contributed by atoms with van der Waals surface area (Å²) in [5.41, 5.74) is 5.48. The highest BCUT2D eigenvalue weighted by molar-refractivity contribution is 7.99. The average molecular weight is 298 g/mol. The van der Waals surface area contributed by atoms with Crippen molar-refractivity contribution in [1.29, 1.82) is 0 Å². The van der Waals surface area contributed by atoms with Gasteiger partial charge in [-0.1, -0.05) is 18.2 Å². The minimum Gasteiger partial charge on any atom is -0.383 e. The van der Waals surface area contributed by atoms with Gasteiger partial charge in [0.1, 0.15) is 10.7 Å². The fourth-order valence-corrected chi connectivity index (χ4v) is 3.41. The monoisotopic (exact) mass is 298 g/mol. The average Bonchev–Trinajstić information content (AvgIpc) is 2.83. The van der Waals surface area contributed by atoms with Gasteiger partial charge in [-0.2, -0.15) is 5.10 Å². The van der Waals surface area contributed by atoms with E-state index in [2.05, 4.69) is 14.9 Å². The van der Waals surface area contributed by atoms with Crippen molar-refractivity contribution in [3.63, 3.8) is 0 Å². The van der Waals surface area contributed by atoms with E-state index in [4.69, 9.17) is 5.73 Å². The molecule has 0 spiro atoms. The SMILES string of the molecule is Nc1[nH]ncc1S(=O)(=O)NCCSc1ccccc1. The zero-order chi connectivity index (χ0) is 13.7. The highest BCUT2D eigenvalue weighted by atomic mass is 32.2. The van der Waals surface area contributed by atoms with Gasteiger partial charge in [0, 0.05) is 17.2 Å². The molecule has 102 valence electrons. The first-order chi connectivity index (χ1) is 9.09. The number of H-pyrrole nitrogens is 1. The molecule has 0 aliphatic rings. The van der Waals surface area contributed by atoms with Gasteiger partial charge in [0.05, 0.1) is 6.20 Å². The van der Waals surface area contributed by atoms with Gasteiger partial charge in [0.25, 0.3) is 0 Å². The maximum Gasteiger partial charge on any atom is 0.245 e. The number of thioether (sulfide) groups is 1. The Bertz CT molecular complexity index is 625. The van der Waals surface area contributed by atoms with Crippen LogP contribution in [-0.4, -0.2) is 30.9 Å². The van der Waals surface area contributed by atoms with Crippen molar-refractivity contribution in [3.8, 4) is 0 Å². The zero-order valence-electron chi connectivity index (χ0n) is 10.0. The van der Waals surface area contributed by atoms with Crippen molar-refractivity contribution in [3.05, 3.63) is 36.5 Å². The van der Waals surface area contributed by atoms with E-state index in [1.54, 1.807) is 11.8 Å². The molecule has 0 aliphatic heterocycles. The van der Waals surface area contributed by atoms with E-state index in [1.807, 2.05) is 30.3 Å². The van der Waals surface area contributed by atoms with Gasteiger partial charge >= 0.3 is 0 Å². The van der Waals surface area contributed by atoms with Crippen molar-refractivity contribution in [1.82, 2.24) is 14.9 Å². The van der Waals surface area contributed by atoms with Crippen LogP contribution >= 0.6 is 11.8 Å². The molecule has 1 aromatic heterocycles. The minimum atomic E-state index is -3.58. The van der Waals surface area contributed by atoms with Crippen LogP contribution in [-0.2, 0) is 10.0 Å². The van der Waals surface area contributed by atoms with Gasteiger partial charge in [-0.05, 0) is 12.1 Å². The highest BCUT2D eigenvalue weighted by Gasteiger charge is 2.18. The second-order valence-corrected chi connectivity index (χ2v) is 6.61. The van der Waals surface area contributed by atoms with E-state index in [9.17, 15) is 8.42 Å². The molecule has 0 unspecified atom stereocenters. The molecule has 19 heavy (non-hydrogen) atoms. The van der Waals surface area contributed by atoms with Crippen LogP contribution in [0.1, 0.15) is 0 Å². The van der Waals surface area contributed by atoms with E-state index < -0.39 is 10.0 Å². The highest BCUT2D eigenvalue weighted by Crippen LogP contribution is 2.17. The predicted molar refractivity (Wildman–Crippen MR) is 75.4 cm³/mol. The summed E-state index contributed by atoms with van der Waals surface area (Å²) in [4.78, 5) is 1.08. The van der Waals surface area contributed by atoms with Crippen LogP contribution in [0.25, 0.3) is 0 Å². The molecular weight excluding hydrogens is 284 g/mol. The van der Waals surface area contributed by atoms with Crippen molar-refractivity contribution >= 4 is 27.6 Å². The molecule has 4 N–H and O–H groups in total. The lowest BCUT2D eigenvalue weighted by Crippen LogP contribution is -2.26. The Morgan fingerprint density at radius 2 is 2.05 bits per heavy atom. The maximum absolute atomic E-state index is 11.9. The zero-order valence-corrected chi connectivity index (χ0v) is 11.7. The normalized spacial score (nSPS) is 11.6. The standard InChI is InChI=1S/C11H14N4O2S2/c12-11-10(8-13-15-11)19(16,17)14-6-7-18-9-4-2-1-3-5-9/h1-5,8,14H,6-7H2,(H3,12,13,15). The number of benzene rings is 1. The Morgan fingerprint density at radius 3 is 2.68 bits per heavy atom. The third kappa shape index (κ3) is 3.72. The Kier molecular flexibility index (Phi) is 4.46. The van der Waals surface area contributed by atoms with Crippen LogP contribution in [0.2, 0.25) is 0 Å². The molecule has 2 rings (SSSR count). The van der Waals surface area contributed by atoms with Gasteiger partial charge in [0.2, 0.25) is 10.0 Å². The van der Waals surface area contributed by atoms with Gasteiger partial charge < -0.3 is 5.73 Å². The molecule has 1 aromatic carbocycles. The van der Waals surface area contributed by atoms with E-state index >= 15 is 0 Å². The fraction of sp³-hybridized carbons (Fsp3) is 0.182. The van der Waals surface area contributed by atoms with Crippen LogP contribution in [0.4, 0.5) is 5.82 Å². The Labute approximate surface area is 115 Å². The third-order valence-corrected chi connectivity index (χ3v) is 4.83. The summed E-state index contributed by atoms with van der Waals surface area (Å²) in [5.74, 6) is 0.685. The van der Waals surface area contributed by atoms with Gasteiger partial charge in [-0.15, -0.1) is 11.8 Å². The molecule has 0 saturated heterocycles. The van der Waals surface area contributed by atoms with E-state index in [1.165, 1.54) is 6.20 Å². The number of nitrogens with two attached hydrogens (primary N) is 1. The largest absolute Gasteiger partial charge is 0.383 e. The number of sulfonamides is 1. The number of aromatic nitrogens is 2. The lowest BCUT2D eigenvalue weighted by atomic mass is 10.4. The summed E-state index contributed by atoms with van der Waals surface area (Å²) < 4.78 is 26.2. The van der Waals surface area contributed by atoms with Crippen LogP contribution < -0.4 is 10.5 Å². The smallest absolute Gasteiger partial charge is 0.245 e. The Hall–Kier alpha value is -1.51. The Morgan fingerprint density at radius 1 is 1.32 bits per heavy atom. The number of rotatable bonds is 6.